The van der Waals surface area contributed by atoms with E-state index < -0.39 is 0 Å². The van der Waals surface area contributed by atoms with Crippen LogP contribution >= 0.6 is 0 Å². The average Bonchev–Trinajstić information content (AvgIpc) is 2.65. The standard InChI is InChI=1S/C21H24N2O/c1-2-3-14-24-20-10-8-17(9-11-20)15-18-6-5-13-23-21(18)19-7-4-12-22-16-19/h4,7-12,15-16H,2-3,5-6,13-14H2,1H3/b18-15+. The molecular weight excluding hydrogens is 296 g/mol. The number of benzene rings is 1. The molecule has 0 aliphatic carbocycles. The number of rotatable bonds is 6. The number of hydrogen-bond donors (Lipinski definition) is 0. The number of allylic oxidation sites excluding steroid dienone is 1. The molecule has 3 nitrogen and oxygen atoms in total. The Labute approximate surface area is 144 Å². The van der Waals surface area contributed by atoms with Gasteiger partial charge in [-0.1, -0.05) is 25.5 Å². The zero-order valence-electron chi connectivity index (χ0n) is 14.2. The Balaban J connectivity index is 1.76. The van der Waals surface area contributed by atoms with Gasteiger partial charge in [-0.2, -0.15) is 0 Å². The first-order valence-electron chi connectivity index (χ1n) is 8.75. The van der Waals surface area contributed by atoms with Crippen LogP contribution in [-0.2, 0) is 0 Å². The van der Waals surface area contributed by atoms with E-state index in [4.69, 9.17) is 9.73 Å². The van der Waals surface area contributed by atoms with Crippen molar-refractivity contribution in [2.75, 3.05) is 13.2 Å². The molecule has 1 aliphatic heterocycles. The van der Waals surface area contributed by atoms with Crippen LogP contribution in [-0.4, -0.2) is 23.8 Å². The van der Waals surface area contributed by atoms with Crippen LogP contribution in [0.25, 0.3) is 6.08 Å². The van der Waals surface area contributed by atoms with Gasteiger partial charge in [0.25, 0.3) is 0 Å². The lowest BCUT2D eigenvalue weighted by molar-refractivity contribution is 0.309. The van der Waals surface area contributed by atoms with Crippen molar-refractivity contribution < 1.29 is 4.74 Å². The van der Waals surface area contributed by atoms with Gasteiger partial charge in [-0.05, 0) is 60.7 Å². The summed E-state index contributed by atoms with van der Waals surface area (Å²) in [5.41, 5.74) is 4.65. The van der Waals surface area contributed by atoms with Gasteiger partial charge in [0.15, 0.2) is 0 Å². The van der Waals surface area contributed by atoms with Crippen molar-refractivity contribution in [1.82, 2.24) is 4.98 Å². The smallest absolute Gasteiger partial charge is 0.119 e. The van der Waals surface area contributed by atoms with E-state index in [2.05, 4.69) is 36.2 Å². The summed E-state index contributed by atoms with van der Waals surface area (Å²) in [5.74, 6) is 0.940. The Hall–Kier alpha value is -2.42. The molecule has 1 aliphatic rings. The molecule has 0 N–H and O–H groups in total. The molecule has 0 unspecified atom stereocenters. The summed E-state index contributed by atoms with van der Waals surface area (Å²) in [7, 11) is 0. The van der Waals surface area contributed by atoms with Crippen molar-refractivity contribution in [3.8, 4) is 5.75 Å². The molecule has 0 saturated heterocycles. The van der Waals surface area contributed by atoms with Crippen molar-refractivity contribution >= 4 is 11.8 Å². The first-order chi connectivity index (χ1) is 11.9. The van der Waals surface area contributed by atoms with Crippen LogP contribution in [0.5, 0.6) is 5.75 Å². The minimum Gasteiger partial charge on any atom is -0.494 e. The van der Waals surface area contributed by atoms with Crippen molar-refractivity contribution in [3.05, 3.63) is 65.5 Å². The van der Waals surface area contributed by atoms with E-state index in [-0.39, 0.29) is 0 Å². The van der Waals surface area contributed by atoms with Gasteiger partial charge in [-0.25, -0.2) is 0 Å². The topological polar surface area (TPSA) is 34.5 Å². The number of pyridine rings is 1. The molecule has 0 bridgehead atoms. The fourth-order valence-electron chi connectivity index (χ4n) is 2.80. The molecule has 0 atom stereocenters. The predicted molar refractivity (Wildman–Crippen MR) is 99.7 cm³/mol. The highest BCUT2D eigenvalue weighted by atomic mass is 16.5. The average molecular weight is 320 g/mol. The second-order valence-corrected chi connectivity index (χ2v) is 6.02. The molecule has 1 aromatic heterocycles. The lowest BCUT2D eigenvalue weighted by Crippen LogP contribution is -2.11. The number of ether oxygens (including phenoxy) is 1. The van der Waals surface area contributed by atoms with Gasteiger partial charge in [0.05, 0.1) is 12.3 Å². The number of hydrogen-bond acceptors (Lipinski definition) is 3. The van der Waals surface area contributed by atoms with E-state index in [1.54, 1.807) is 6.20 Å². The van der Waals surface area contributed by atoms with Crippen LogP contribution in [0.2, 0.25) is 0 Å². The largest absolute Gasteiger partial charge is 0.494 e. The summed E-state index contributed by atoms with van der Waals surface area (Å²) >= 11 is 0. The minimum atomic E-state index is 0.786. The van der Waals surface area contributed by atoms with Crippen LogP contribution in [0.15, 0.2) is 59.4 Å². The van der Waals surface area contributed by atoms with Crippen LogP contribution in [0.1, 0.15) is 43.7 Å². The fourth-order valence-corrected chi connectivity index (χ4v) is 2.80. The monoisotopic (exact) mass is 320 g/mol. The van der Waals surface area contributed by atoms with Gasteiger partial charge < -0.3 is 4.74 Å². The van der Waals surface area contributed by atoms with Crippen molar-refractivity contribution in [2.24, 2.45) is 4.99 Å². The second kappa shape index (κ2) is 8.44. The van der Waals surface area contributed by atoms with Gasteiger partial charge in [-0.3, -0.25) is 9.98 Å². The van der Waals surface area contributed by atoms with Crippen LogP contribution in [0, 0.1) is 0 Å². The summed E-state index contributed by atoms with van der Waals surface area (Å²) in [6.07, 6.45) is 10.3. The Morgan fingerprint density at radius 1 is 1.17 bits per heavy atom. The zero-order chi connectivity index (χ0) is 16.6. The van der Waals surface area contributed by atoms with E-state index in [0.29, 0.717) is 0 Å². The van der Waals surface area contributed by atoms with Gasteiger partial charge in [0, 0.05) is 24.5 Å². The summed E-state index contributed by atoms with van der Waals surface area (Å²) in [4.78, 5) is 8.95. The van der Waals surface area contributed by atoms with Gasteiger partial charge in [0.2, 0.25) is 0 Å². The van der Waals surface area contributed by atoms with Crippen LogP contribution < -0.4 is 4.74 Å². The van der Waals surface area contributed by atoms with E-state index in [0.717, 1.165) is 55.9 Å². The maximum atomic E-state index is 5.73. The van der Waals surface area contributed by atoms with E-state index in [1.807, 2.05) is 24.4 Å². The van der Waals surface area contributed by atoms with Crippen molar-refractivity contribution in [1.29, 1.82) is 0 Å². The third kappa shape index (κ3) is 4.31. The van der Waals surface area contributed by atoms with Crippen molar-refractivity contribution in [3.63, 3.8) is 0 Å². The third-order valence-corrected chi connectivity index (χ3v) is 4.10. The summed E-state index contributed by atoms with van der Waals surface area (Å²) in [5, 5.41) is 0. The summed E-state index contributed by atoms with van der Waals surface area (Å²) < 4.78 is 5.73. The molecule has 0 saturated carbocycles. The molecule has 2 heterocycles. The van der Waals surface area contributed by atoms with E-state index in [1.165, 1.54) is 11.1 Å². The number of aliphatic imine (C=N–C) groups is 1. The molecule has 0 fully saturated rings. The molecule has 124 valence electrons. The van der Waals surface area contributed by atoms with Crippen LogP contribution in [0.3, 0.4) is 0 Å². The van der Waals surface area contributed by atoms with Crippen molar-refractivity contribution in [2.45, 2.75) is 32.6 Å². The SMILES string of the molecule is CCCCOc1ccc(/C=C2\CCCN=C2c2cccnc2)cc1. The van der Waals surface area contributed by atoms with E-state index >= 15 is 0 Å². The first kappa shape index (κ1) is 16.4. The molecule has 1 aromatic carbocycles. The molecule has 24 heavy (non-hydrogen) atoms. The quantitative estimate of drug-likeness (QED) is 0.707. The van der Waals surface area contributed by atoms with Gasteiger partial charge in [-0.15, -0.1) is 0 Å². The Kier molecular flexibility index (Phi) is 5.78. The molecular formula is C21H24N2O. The molecule has 3 rings (SSSR count). The predicted octanol–water partition coefficient (Wildman–Crippen LogP) is 4.93. The number of unbranched alkanes of at least 4 members (excludes halogenated alkanes) is 1. The highest BCUT2D eigenvalue weighted by Crippen LogP contribution is 2.23. The highest BCUT2D eigenvalue weighted by Gasteiger charge is 2.14. The molecule has 0 amide bonds. The normalized spacial score (nSPS) is 16.0. The summed E-state index contributed by atoms with van der Waals surface area (Å²) in [6.45, 7) is 3.85. The Bertz CT molecular complexity index is 702. The maximum absolute atomic E-state index is 5.73. The van der Waals surface area contributed by atoms with Gasteiger partial charge in [0.1, 0.15) is 5.75 Å². The van der Waals surface area contributed by atoms with E-state index in [9.17, 15) is 0 Å². The molecule has 0 spiro atoms. The summed E-state index contributed by atoms with van der Waals surface area (Å²) in [6, 6.07) is 12.4. The number of nitrogens with zero attached hydrogens (tertiary/aromatic N) is 2. The Morgan fingerprint density at radius 3 is 2.79 bits per heavy atom. The van der Waals surface area contributed by atoms with Gasteiger partial charge >= 0.3 is 0 Å². The second-order valence-electron chi connectivity index (χ2n) is 6.02. The Morgan fingerprint density at radius 2 is 2.04 bits per heavy atom. The molecule has 3 heteroatoms. The lowest BCUT2D eigenvalue weighted by Gasteiger charge is -2.16. The molecule has 0 radical (unpaired) electrons. The fraction of sp³-hybridized carbons (Fsp3) is 0.333. The first-order valence-corrected chi connectivity index (χ1v) is 8.75. The lowest BCUT2D eigenvalue weighted by atomic mass is 9.95. The highest BCUT2D eigenvalue weighted by molar-refractivity contribution is 6.15. The minimum absolute atomic E-state index is 0.786. The zero-order valence-corrected chi connectivity index (χ0v) is 14.2. The van der Waals surface area contributed by atoms with Crippen LogP contribution in [0.4, 0.5) is 0 Å². The third-order valence-electron chi connectivity index (χ3n) is 4.10. The maximum Gasteiger partial charge on any atom is 0.119 e. The number of aromatic nitrogens is 1. The molecule has 2 aromatic rings.